The van der Waals surface area contributed by atoms with Gasteiger partial charge in [0, 0.05) is 46.5 Å². The average Bonchev–Trinajstić information content (AvgIpc) is 3.23. The molecule has 5 rings (SSSR count). The zero-order valence-electron chi connectivity index (χ0n) is 20.2. The Hall–Kier alpha value is -3.25. The number of furan rings is 1. The van der Waals surface area contributed by atoms with E-state index in [9.17, 15) is 4.79 Å². The highest BCUT2D eigenvalue weighted by Gasteiger charge is 2.25. The number of benzene rings is 2. The maximum Gasteiger partial charge on any atom is 0.407 e. The number of carbonyl (C=O) groups is 1. The lowest BCUT2D eigenvalue weighted by atomic mass is 9.91. The smallest absolute Gasteiger partial charge is 0.407 e. The van der Waals surface area contributed by atoms with E-state index in [1.165, 1.54) is 0 Å². The lowest BCUT2D eigenvalue weighted by Crippen LogP contribution is -2.42. The molecule has 0 radical (unpaired) electrons. The van der Waals surface area contributed by atoms with Gasteiger partial charge in [-0.05, 0) is 76.1 Å². The van der Waals surface area contributed by atoms with E-state index in [0.717, 1.165) is 64.4 Å². The van der Waals surface area contributed by atoms with E-state index in [1.54, 1.807) is 6.20 Å². The third-order valence-corrected chi connectivity index (χ3v) is 6.65. The normalized spacial score (nSPS) is 18.5. The molecule has 1 fully saturated rings. The standard InChI is InChI=1S/C28H30ClN3O3/c1-28(2,3)35-27(33)32-19-10-8-18(9-11-19)31-20-13-21-22(24(29)14-20)15-30-16-23(21)26-12-17-6-4-5-7-25(17)34-26/h4-7,12-16,18-19,31H,8-11H2,1-3H3,(H,32,33)/t18-,19-. The number of carbonyl (C=O) groups excluding carboxylic acids is 1. The molecule has 0 spiro atoms. The monoisotopic (exact) mass is 491 g/mol. The van der Waals surface area contributed by atoms with Crippen molar-refractivity contribution in [1.82, 2.24) is 10.3 Å². The fourth-order valence-electron chi connectivity index (χ4n) is 4.71. The number of anilines is 1. The molecule has 2 N–H and O–H groups in total. The molecule has 35 heavy (non-hydrogen) atoms. The van der Waals surface area contributed by atoms with E-state index in [2.05, 4.69) is 21.7 Å². The molecule has 0 aliphatic heterocycles. The quantitative estimate of drug-likeness (QED) is 0.308. The second-order valence-electron chi connectivity index (χ2n) is 10.2. The average molecular weight is 492 g/mol. The summed E-state index contributed by atoms with van der Waals surface area (Å²) >= 11 is 6.68. The van der Waals surface area contributed by atoms with E-state index >= 15 is 0 Å². The van der Waals surface area contributed by atoms with E-state index in [0.29, 0.717) is 11.1 Å². The number of alkyl carbamates (subject to hydrolysis) is 1. The molecular formula is C28H30ClN3O3. The topological polar surface area (TPSA) is 76.4 Å². The number of halogens is 1. The molecule has 0 saturated heterocycles. The van der Waals surface area contributed by atoms with Crippen LogP contribution in [0.25, 0.3) is 33.1 Å². The lowest BCUT2D eigenvalue weighted by Gasteiger charge is -2.31. The van der Waals surface area contributed by atoms with Gasteiger partial charge in [-0.15, -0.1) is 0 Å². The molecule has 182 valence electrons. The SMILES string of the molecule is CC(C)(C)OC(=O)N[C@H]1CC[C@H](Nc2cc(Cl)c3cncc(-c4cc5ccccc5o4)c3c2)CC1. The molecule has 4 aromatic rings. The van der Waals surface area contributed by atoms with Crippen LogP contribution in [0.1, 0.15) is 46.5 Å². The summed E-state index contributed by atoms with van der Waals surface area (Å²) in [7, 11) is 0. The minimum absolute atomic E-state index is 0.133. The number of hydrogen-bond donors (Lipinski definition) is 2. The molecule has 2 aromatic heterocycles. The van der Waals surface area contributed by atoms with Gasteiger partial charge in [-0.3, -0.25) is 4.98 Å². The highest BCUT2D eigenvalue weighted by Crippen LogP contribution is 2.37. The van der Waals surface area contributed by atoms with Gasteiger partial charge >= 0.3 is 6.09 Å². The predicted molar refractivity (Wildman–Crippen MR) is 141 cm³/mol. The Morgan fingerprint density at radius 3 is 2.51 bits per heavy atom. The molecular weight excluding hydrogens is 462 g/mol. The number of fused-ring (bicyclic) bond motifs is 2. The third kappa shape index (κ3) is 5.38. The first-order chi connectivity index (χ1) is 16.7. The fraction of sp³-hybridized carbons (Fsp3) is 0.357. The Balaban J connectivity index is 1.32. The number of para-hydroxylation sites is 1. The minimum Gasteiger partial charge on any atom is -0.456 e. The van der Waals surface area contributed by atoms with E-state index in [-0.39, 0.29) is 12.1 Å². The number of aromatic nitrogens is 1. The van der Waals surface area contributed by atoms with Crippen molar-refractivity contribution in [3.8, 4) is 11.3 Å². The van der Waals surface area contributed by atoms with Crippen LogP contribution in [0.15, 0.2) is 59.3 Å². The van der Waals surface area contributed by atoms with Crippen molar-refractivity contribution in [3.63, 3.8) is 0 Å². The van der Waals surface area contributed by atoms with Gasteiger partial charge in [0.25, 0.3) is 0 Å². The molecule has 1 saturated carbocycles. The summed E-state index contributed by atoms with van der Waals surface area (Å²) in [6, 6.07) is 14.5. The lowest BCUT2D eigenvalue weighted by molar-refractivity contribution is 0.0492. The number of ether oxygens (including phenoxy) is 1. The largest absolute Gasteiger partial charge is 0.456 e. The Bertz CT molecular complexity index is 1330. The van der Waals surface area contributed by atoms with Crippen molar-refractivity contribution in [3.05, 3.63) is 59.9 Å². The van der Waals surface area contributed by atoms with Crippen LogP contribution in [0.5, 0.6) is 0 Å². The second-order valence-corrected chi connectivity index (χ2v) is 10.6. The molecule has 1 aliphatic carbocycles. The molecule has 0 unspecified atom stereocenters. The van der Waals surface area contributed by atoms with Crippen molar-refractivity contribution >= 4 is 45.1 Å². The highest BCUT2D eigenvalue weighted by atomic mass is 35.5. The zero-order chi connectivity index (χ0) is 24.6. The molecule has 2 aromatic carbocycles. The van der Waals surface area contributed by atoms with Gasteiger partial charge in [0.2, 0.25) is 0 Å². The van der Waals surface area contributed by atoms with Gasteiger partial charge in [0.15, 0.2) is 0 Å². The van der Waals surface area contributed by atoms with Crippen molar-refractivity contribution in [2.24, 2.45) is 0 Å². The number of nitrogens with zero attached hydrogens (tertiary/aromatic N) is 1. The summed E-state index contributed by atoms with van der Waals surface area (Å²) in [6.45, 7) is 5.62. The molecule has 7 heteroatoms. The minimum atomic E-state index is -0.491. The summed E-state index contributed by atoms with van der Waals surface area (Å²) in [5.41, 5.74) is 2.23. The van der Waals surface area contributed by atoms with E-state index < -0.39 is 5.60 Å². The van der Waals surface area contributed by atoms with Crippen molar-refractivity contribution < 1.29 is 13.9 Å². The molecule has 0 bridgehead atoms. The van der Waals surface area contributed by atoms with Gasteiger partial charge in [-0.25, -0.2) is 4.79 Å². The Morgan fingerprint density at radius 1 is 1.03 bits per heavy atom. The maximum absolute atomic E-state index is 12.1. The first-order valence-corrected chi connectivity index (χ1v) is 12.5. The fourth-order valence-corrected chi connectivity index (χ4v) is 4.98. The Kier molecular flexibility index (Phi) is 6.32. The summed E-state index contributed by atoms with van der Waals surface area (Å²) in [6.07, 6.45) is 6.96. The van der Waals surface area contributed by atoms with Crippen LogP contribution in [0.4, 0.5) is 10.5 Å². The highest BCUT2D eigenvalue weighted by molar-refractivity contribution is 6.36. The van der Waals surface area contributed by atoms with Crippen LogP contribution in [0.3, 0.4) is 0 Å². The van der Waals surface area contributed by atoms with Crippen LogP contribution < -0.4 is 10.6 Å². The van der Waals surface area contributed by atoms with Crippen LogP contribution in [0, 0.1) is 0 Å². The van der Waals surface area contributed by atoms with Gasteiger partial charge in [0.1, 0.15) is 16.9 Å². The molecule has 2 heterocycles. The molecule has 0 atom stereocenters. The van der Waals surface area contributed by atoms with Crippen LogP contribution in [-0.2, 0) is 4.74 Å². The van der Waals surface area contributed by atoms with Gasteiger partial charge in [-0.2, -0.15) is 0 Å². The molecule has 6 nitrogen and oxygen atoms in total. The summed E-state index contributed by atoms with van der Waals surface area (Å²) in [5.74, 6) is 0.770. The van der Waals surface area contributed by atoms with Gasteiger partial charge in [0.05, 0.1) is 5.02 Å². The van der Waals surface area contributed by atoms with Gasteiger partial charge < -0.3 is 19.8 Å². The van der Waals surface area contributed by atoms with Crippen LogP contribution in [-0.4, -0.2) is 28.8 Å². The van der Waals surface area contributed by atoms with Gasteiger partial charge in [-0.1, -0.05) is 29.8 Å². The number of rotatable bonds is 4. The maximum atomic E-state index is 12.1. The third-order valence-electron chi connectivity index (χ3n) is 6.34. The first kappa shape index (κ1) is 23.5. The van der Waals surface area contributed by atoms with Crippen molar-refractivity contribution in [2.45, 2.75) is 64.1 Å². The van der Waals surface area contributed by atoms with Crippen molar-refractivity contribution in [1.29, 1.82) is 0 Å². The predicted octanol–water partition coefficient (Wildman–Crippen LogP) is 7.55. The number of pyridine rings is 1. The molecule has 1 aliphatic rings. The second kappa shape index (κ2) is 9.42. The van der Waals surface area contributed by atoms with Crippen molar-refractivity contribution in [2.75, 3.05) is 5.32 Å². The number of nitrogens with one attached hydrogen (secondary N) is 2. The number of hydrogen-bond acceptors (Lipinski definition) is 5. The summed E-state index contributed by atoms with van der Waals surface area (Å²) < 4.78 is 11.5. The van der Waals surface area contributed by atoms with Crippen LogP contribution >= 0.6 is 11.6 Å². The summed E-state index contributed by atoms with van der Waals surface area (Å²) in [4.78, 5) is 16.5. The Labute approximate surface area is 210 Å². The summed E-state index contributed by atoms with van der Waals surface area (Å²) in [5, 5.41) is 10.2. The Morgan fingerprint density at radius 2 is 1.77 bits per heavy atom. The van der Waals surface area contributed by atoms with E-state index in [1.807, 2.05) is 63.4 Å². The first-order valence-electron chi connectivity index (χ1n) is 12.1. The van der Waals surface area contributed by atoms with E-state index in [4.69, 9.17) is 20.8 Å². The zero-order valence-corrected chi connectivity index (χ0v) is 21.0. The number of amides is 1. The van der Waals surface area contributed by atoms with Crippen LogP contribution in [0.2, 0.25) is 5.02 Å². The molecule has 1 amide bonds.